The summed E-state index contributed by atoms with van der Waals surface area (Å²) in [5, 5.41) is 0. The molecule has 0 radical (unpaired) electrons. The molecule has 1 heterocycles. The predicted octanol–water partition coefficient (Wildman–Crippen LogP) is 0.948. The van der Waals surface area contributed by atoms with Gasteiger partial charge in [0.1, 0.15) is 0 Å². The number of hydrogen-bond acceptors (Lipinski definition) is 2. The highest BCUT2D eigenvalue weighted by atomic mass is 15.4. The number of hydrazine groups is 1. The molecule has 0 spiro atoms. The lowest BCUT2D eigenvalue weighted by Crippen LogP contribution is -2.47. The first kappa shape index (κ1) is 11.3. The van der Waals surface area contributed by atoms with Crippen LogP contribution >= 0.6 is 0 Å². The molecule has 4 heteroatoms. The summed E-state index contributed by atoms with van der Waals surface area (Å²) in [7, 11) is 0. The lowest BCUT2D eigenvalue weighted by molar-refractivity contribution is 0.331. The topological polar surface area (TPSA) is 53.6 Å². The van der Waals surface area contributed by atoms with Crippen LogP contribution in [0.4, 0.5) is 0 Å². The third-order valence-electron chi connectivity index (χ3n) is 2.39. The lowest BCUT2D eigenvalue weighted by Gasteiger charge is -2.29. The van der Waals surface area contributed by atoms with Crippen LogP contribution in [0, 0.1) is 5.92 Å². The summed E-state index contributed by atoms with van der Waals surface area (Å²) in [6.07, 6.45) is 3.84. The van der Waals surface area contributed by atoms with Gasteiger partial charge in [-0.1, -0.05) is 13.8 Å². The summed E-state index contributed by atoms with van der Waals surface area (Å²) >= 11 is 0. The summed E-state index contributed by atoms with van der Waals surface area (Å²) in [5.74, 6) is 6.91. The van der Waals surface area contributed by atoms with Gasteiger partial charge in [0.2, 0.25) is 5.96 Å². The van der Waals surface area contributed by atoms with E-state index in [-0.39, 0.29) is 0 Å². The number of piperidine rings is 1. The highest BCUT2D eigenvalue weighted by Gasteiger charge is 2.13. The Hall–Kier alpha value is -0.770. The average Bonchev–Trinajstić information content (AvgIpc) is 2.20. The number of likely N-dealkylation sites (tertiary alicyclic amines) is 1. The Kier molecular flexibility index (Phi) is 4.73. The zero-order valence-electron chi connectivity index (χ0n) is 9.29. The molecule has 0 aromatic carbocycles. The average molecular weight is 198 g/mol. The maximum atomic E-state index is 5.47. The van der Waals surface area contributed by atoms with Crippen molar-refractivity contribution in [2.75, 3.05) is 19.6 Å². The summed E-state index contributed by atoms with van der Waals surface area (Å²) in [6.45, 7) is 7.33. The van der Waals surface area contributed by atoms with Crippen molar-refractivity contribution in [1.82, 2.24) is 10.3 Å². The largest absolute Gasteiger partial charge is 0.342 e. The number of aliphatic imine (C=N–C) groups is 1. The van der Waals surface area contributed by atoms with E-state index >= 15 is 0 Å². The van der Waals surface area contributed by atoms with Crippen LogP contribution in [0.15, 0.2) is 4.99 Å². The smallest absolute Gasteiger partial charge is 0.208 e. The maximum absolute atomic E-state index is 5.47. The van der Waals surface area contributed by atoms with Crippen LogP contribution in [0.3, 0.4) is 0 Å². The van der Waals surface area contributed by atoms with Crippen LogP contribution in [0.1, 0.15) is 33.1 Å². The first-order valence-electron chi connectivity index (χ1n) is 5.50. The molecule has 0 bridgehead atoms. The van der Waals surface area contributed by atoms with Crippen molar-refractivity contribution < 1.29 is 0 Å². The van der Waals surface area contributed by atoms with E-state index < -0.39 is 0 Å². The molecule has 82 valence electrons. The SMILES string of the molecule is CC(C)CN=C(NN)N1CCCCC1. The van der Waals surface area contributed by atoms with Crippen molar-refractivity contribution in [1.29, 1.82) is 0 Å². The Morgan fingerprint density at radius 2 is 2.00 bits per heavy atom. The quantitative estimate of drug-likeness (QED) is 0.300. The van der Waals surface area contributed by atoms with Crippen molar-refractivity contribution in [3.63, 3.8) is 0 Å². The number of hydrogen-bond donors (Lipinski definition) is 2. The van der Waals surface area contributed by atoms with Crippen molar-refractivity contribution in [2.24, 2.45) is 16.8 Å². The molecule has 14 heavy (non-hydrogen) atoms. The van der Waals surface area contributed by atoms with Crippen LogP contribution < -0.4 is 11.3 Å². The van der Waals surface area contributed by atoms with E-state index in [1.165, 1.54) is 19.3 Å². The van der Waals surface area contributed by atoms with Gasteiger partial charge >= 0.3 is 0 Å². The molecule has 1 fully saturated rings. The first-order valence-corrected chi connectivity index (χ1v) is 5.50. The van der Waals surface area contributed by atoms with Gasteiger partial charge in [-0.3, -0.25) is 10.4 Å². The lowest BCUT2D eigenvalue weighted by atomic mass is 10.1. The van der Waals surface area contributed by atoms with Crippen LogP contribution in [-0.2, 0) is 0 Å². The minimum absolute atomic E-state index is 0.586. The fraction of sp³-hybridized carbons (Fsp3) is 0.900. The van der Waals surface area contributed by atoms with Gasteiger partial charge in [0.15, 0.2) is 0 Å². The van der Waals surface area contributed by atoms with Gasteiger partial charge in [-0.15, -0.1) is 0 Å². The molecular formula is C10H22N4. The Labute approximate surface area is 86.5 Å². The Balaban J connectivity index is 2.46. The summed E-state index contributed by atoms with van der Waals surface area (Å²) in [4.78, 5) is 6.71. The Bertz CT molecular complexity index is 183. The van der Waals surface area contributed by atoms with Gasteiger partial charge in [0.25, 0.3) is 0 Å². The van der Waals surface area contributed by atoms with Crippen molar-refractivity contribution in [2.45, 2.75) is 33.1 Å². The molecule has 1 rings (SSSR count). The molecule has 0 aromatic rings. The van der Waals surface area contributed by atoms with Crippen molar-refractivity contribution >= 4 is 5.96 Å². The third kappa shape index (κ3) is 3.54. The molecule has 1 aliphatic rings. The molecular weight excluding hydrogens is 176 g/mol. The van der Waals surface area contributed by atoms with Crippen molar-refractivity contribution in [3.05, 3.63) is 0 Å². The second kappa shape index (κ2) is 5.86. The van der Waals surface area contributed by atoms with Crippen LogP contribution in [0.25, 0.3) is 0 Å². The van der Waals surface area contributed by atoms with Gasteiger partial charge < -0.3 is 4.90 Å². The van der Waals surface area contributed by atoms with Crippen LogP contribution in [-0.4, -0.2) is 30.5 Å². The molecule has 0 aromatic heterocycles. The zero-order valence-corrected chi connectivity index (χ0v) is 9.29. The van der Waals surface area contributed by atoms with E-state index in [2.05, 4.69) is 29.2 Å². The van der Waals surface area contributed by atoms with E-state index in [1.807, 2.05) is 0 Å². The summed E-state index contributed by atoms with van der Waals surface area (Å²) in [6, 6.07) is 0. The van der Waals surface area contributed by atoms with E-state index in [1.54, 1.807) is 0 Å². The fourth-order valence-electron chi connectivity index (χ4n) is 1.61. The van der Waals surface area contributed by atoms with E-state index in [4.69, 9.17) is 5.84 Å². The Morgan fingerprint density at radius 3 is 2.50 bits per heavy atom. The number of nitrogens with two attached hydrogens (primary N) is 1. The minimum Gasteiger partial charge on any atom is -0.342 e. The number of nitrogens with one attached hydrogen (secondary N) is 1. The van der Waals surface area contributed by atoms with E-state index in [0.29, 0.717) is 5.92 Å². The molecule has 1 saturated heterocycles. The molecule has 0 atom stereocenters. The molecule has 4 nitrogen and oxygen atoms in total. The fourth-order valence-corrected chi connectivity index (χ4v) is 1.61. The molecule has 0 saturated carbocycles. The predicted molar refractivity (Wildman–Crippen MR) is 59.9 cm³/mol. The normalized spacial score (nSPS) is 18.9. The monoisotopic (exact) mass is 198 g/mol. The second-order valence-corrected chi connectivity index (χ2v) is 4.25. The van der Waals surface area contributed by atoms with E-state index in [9.17, 15) is 0 Å². The highest BCUT2D eigenvalue weighted by Crippen LogP contribution is 2.08. The molecule has 0 unspecified atom stereocenters. The number of rotatable bonds is 2. The van der Waals surface area contributed by atoms with Crippen LogP contribution in [0.2, 0.25) is 0 Å². The Morgan fingerprint density at radius 1 is 1.36 bits per heavy atom. The van der Waals surface area contributed by atoms with Gasteiger partial charge in [-0.05, 0) is 25.2 Å². The maximum Gasteiger partial charge on any atom is 0.208 e. The third-order valence-corrected chi connectivity index (χ3v) is 2.39. The summed E-state index contributed by atoms with van der Waals surface area (Å²) < 4.78 is 0. The minimum atomic E-state index is 0.586. The van der Waals surface area contributed by atoms with Gasteiger partial charge in [0, 0.05) is 19.6 Å². The molecule has 0 aliphatic carbocycles. The second-order valence-electron chi connectivity index (χ2n) is 4.25. The van der Waals surface area contributed by atoms with Crippen LogP contribution in [0.5, 0.6) is 0 Å². The summed E-state index contributed by atoms with van der Waals surface area (Å²) in [5.41, 5.74) is 2.70. The first-order chi connectivity index (χ1) is 6.74. The van der Waals surface area contributed by atoms with Crippen molar-refractivity contribution in [3.8, 4) is 0 Å². The number of nitrogens with zero attached hydrogens (tertiary/aromatic N) is 2. The van der Waals surface area contributed by atoms with Gasteiger partial charge in [-0.2, -0.15) is 0 Å². The number of guanidine groups is 1. The molecule has 1 aliphatic heterocycles. The molecule has 3 N–H and O–H groups in total. The van der Waals surface area contributed by atoms with Gasteiger partial charge in [0.05, 0.1) is 0 Å². The standard InChI is InChI=1S/C10H22N4/c1-9(2)8-12-10(13-11)14-6-4-3-5-7-14/h9H,3-8,11H2,1-2H3,(H,12,13). The van der Waals surface area contributed by atoms with E-state index in [0.717, 1.165) is 25.6 Å². The molecule has 0 amide bonds. The highest BCUT2D eigenvalue weighted by molar-refractivity contribution is 5.79. The van der Waals surface area contributed by atoms with Gasteiger partial charge in [-0.25, -0.2) is 5.84 Å². The zero-order chi connectivity index (χ0) is 10.4.